The molecule has 2 heterocycles. The van der Waals surface area contributed by atoms with E-state index in [4.69, 9.17) is 4.42 Å². The summed E-state index contributed by atoms with van der Waals surface area (Å²) in [5, 5.41) is 14.0. The fraction of sp³-hybridized carbons (Fsp3) is 0.737. The molecule has 144 valence electrons. The van der Waals surface area contributed by atoms with E-state index in [2.05, 4.69) is 17.2 Å². The minimum Gasteiger partial charge on any atom is -0.448 e. The van der Waals surface area contributed by atoms with E-state index in [1.807, 2.05) is 11.8 Å². The van der Waals surface area contributed by atoms with E-state index in [1.165, 1.54) is 13.3 Å². The van der Waals surface area contributed by atoms with Crippen LogP contribution in [0.5, 0.6) is 0 Å². The predicted octanol–water partition coefficient (Wildman–Crippen LogP) is 2.03. The highest BCUT2D eigenvalue weighted by molar-refractivity contribution is 5.94. The van der Waals surface area contributed by atoms with Gasteiger partial charge < -0.3 is 19.7 Å². The predicted molar refractivity (Wildman–Crippen MR) is 95.5 cm³/mol. The molecule has 7 heteroatoms. The van der Waals surface area contributed by atoms with Crippen LogP contribution in [-0.2, 0) is 4.79 Å². The molecule has 4 atom stereocenters. The molecule has 1 aliphatic heterocycles. The van der Waals surface area contributed by atoms with Gasteiger partial charge in [-0.2, -0.15) is 0 Å². The summed E-state index contributed by atoms with van der Waals surface area (Å²) in [6.07, 6.45) is 5.40. The normalized spacial score (nSPS) is 34.3. The first kappa shape index (κ1) is 18.9. The number of aromatic nitrogens is 1. The van der Waals surface area contributed by atoms with Gasteiger partial charge in [0.1, 0.15) is 5.76 Å². The van der Waals surface area contributed by atoms with Gasteiger partial charge in [-0.3, -0.25) is 9.59 Å². The SMILES string of the molecule is CC(=O)NC[C@H]1C[C@]2(C)[C@@H](CCCC[C@]2(C)O)N1C(=O)c1ncoc1C. The van der Waals surface area contributed by atoms with Crippen molar-refractivity contribution in [1.29, 1.82) is 0 Å². The lowest BCUT2D eigenvalue weighted by Crippen LogP contribution is -2.52. The lowest BCUT2D eigenvalue weighted by Gasteiger charge is -2.43. The zero-order valence-electron chi connectivity index (χ0n) is 16.0. The van der Waals surface area contributed by atoms with E-state index >= 15 is 0 Å². The van der Waals surface area contributed by atoms with Crippen LogP contribution in [0, 0.1) is 12.3 Å². The fourth-order valence-electron chi connectivity index (χ4n) is 4.79. The fourth-order valence-corrected chi connectivity index (χ4v) is 4.79. The molecule has 26 heavy (non-hydrogen) atoms. The molecule has 2 amide bonds. The Morgan fingerprint density at radius 1 is 1.42 bits per heavy atom. The van der Waals surface area contributed by atoms with Crippen molar-refractivity contribution in [2.45, 2.75) is 77.5 Å². The maximum absolute atomic E-state index is 13.3. The molecule has 1 saturated heterocycles. The van der Waals surface area contributed by atoms with Crippen molar-refractivity contribution < 1.29 is 19.1 Å². The van der Waals surface area contributed by atoms with E-state index in [0.717, 1.165) is 25.7 Å². The molecule has 0 bridgehead atoms. The highest BCUT2D eigenvalue weighted by Gasteiger charge is 2.59. The topological polar surface area (TPSA) is 95.7 Å². The summed E-state index contributed by atoms with van der Waals surface area (Å²) in [5.41, 5.74) is -0.984. The number of carbonyl (C=O) groups excluding carboxylic acids is 2. The third-order valence-electron chi connectivity index (χ3n) is 6.51. The van der Waals surface area contributed by atoms with Crippen LogP contribution in [0.15, 0.2) is 10.8 Å². The van der Waals surface area contributed by atoms with Crippen molar-refractivity contribution >= 4 is 11.8 Å². The largest absolute Gasteiger partial charge is 0.448 e. The molecule has 1 saturated carbocycles. The Morgan fingerprint density at radius 2 is 2.15 bits per heavy atom. The summed E-state index contributed by atoms with van der Waals surface area (Å²) < 4.78 is 5.23. The lowest BCUT2D eigenvalue weighted by molar-refractivity contribution is -0.119. The molecule has 1 aromatic heterocycles. The molecule has 2 fully saturated rings. The van der Waals surface area contributed by atoms with E-state index in [-0.39, 0.29) is 23.9 Å². The molecule has 7 nitrogen and oxygen atoms in total. The van der Waals surface area contributed by atoms with Crippen molar-refractivity contribution in [3.05, 3.63) is 17.8 Å². The number of amides is 2. The second kappa shape index (κ2) is 6.68. The number of hydrogen-bond acceptors (Lipinski definition) is 5. The molecule has 3 rings (SSSR count). The number of hydrogen-bond donors (Lipinski definition) is 2. The van der Waals surface area contributed by atoms with Gasteiger partial charge in [-0.15, -0.1) is 0 Å². The Morgan fingerprint density at radius 3 is 2.77 bits per heavy atom. The Kier molecular flexibility index (Phi) is 4.86. The van der Waals surface area contributed by atoms with Gasteiger partial charge in [0.25, 0.3) is 5.91 Å². The molecule has 2 aliphatic rings. The number of oxazole rings is 1. The first-order chi connectivity index (χ1) is 12.2. The summed E-state index contributed by atoms with van der Waals surface area (Å²) in [7, 11) is 0. The molecule has 0 radical (unpaired) electrons. The van der Waals surface area contributed by atoms with E-state index < -0.39 is 11.0 Å². The minimum absolute atomic E-state index is 0.0950. The zero-order chi connectivity index (χ0) is 19.1. The summed E-state index contributed by atoms with van der Waals surface area (Å²) in [6, 6.07) is -0.274. The number of fused-ring (bicyclic) bond motifs is 1. The van der Waals surface area contributed by atoms with Crippen molar-refractivity contribution in [3.63, 3.8) is 0 Å². The van der Waals surface area contributed by atoms with Gasteiger partial charge in [0.2, 0.25) is 5.91 Å². The third kappa shape index (κ3) is 3.02. The van der Waals surface area contributed by atoms with Crippen molar-refractivity contribution in [2.24, 2.45) is 5.41 Å². The second-order valence-corrected chi connectivity index (χ2v) is 8.22. The molecule has 0 aromatic carbocycles. The maximum Gasteiger partial charge on any atom is 0.276 e. The van der Waals surface area contributed by atoms with E-state index in [0.29, 0.717) is 24.4 Å². The molecular formula is C19H29N3O4. The van der Waals surface area contributed by atoms with Crippen LogP contribution in [0.4, 0.5) is 0 Å². The molecule has 0 unspecified atom stereocenters. The quantitative estimate of drug-likeness (QED) is 0.857. The number of rotatable bonds is 3. The molecule has 2 N–H and O–H groups in total. The highest BCUT2D eigenvalue weighted by atomic mass is 16.3. The average Bonchev–Trinajstić information content (AvgIpc) is 3.08. The zero-order valence-corrected chi connectivity index (χ0v) is 16.0. The number of likely N-dealkylation sites (tertiary alicyclic amines) is 1. The van der Waals surface area contributed by atoms with Gasteiger partial charge in [0.05, 0.1) is 11.6 Å². The van der Waals surface area contributed by atoms with Gasteiger partial charge in [-0.1, -0.05) is 19.8 Å². The average molecular weight is 363 g/mol. The summed E-state index contributed by atoms with van der Waals surface area (Å²) in [6.45, 7) is 7.53. The Labute approximate surface area is 154 Å². The van der Waals surface area contributed by atoms with Crippen LogP contribution in [0.25, 0.3) is 0 Å². The van der Waals surface area contributed by atoms with Crippen LogP contribution < -0.4 is 5.32 Å². The van der Waals surface area contributed by atoms with Gasteiger partial charge in [-0.25, -0.2) is 4.98 Å². The summed E-state index contributed by atoms with van der Waals surface area (Å²) >= 11 is 0. The van der Waals surface area contributed by atoms with E-state index in [1.54, 1.807) is 6.92 Å². The summed E-state index contributed by atoms with van der Waals surface area (Å²) in [4.78, 5) is 30.7. The highest BCUT2D eigenvalue weighted by Crippen LogP contribution is 2.53. The summed E-state index contributed by atoms with van der Waals surface area (Å²) in [5.74, 6) is 0.180. The lowest BCUT2D eigenvalue weighted by atomic mass is 9.67. The molecule has 1 aliphatic carbocycles. The first-order valence-corrected chi connectivity index (χ1v) is 9.37. The number of nitrogens with one attached hydrogen (secondary N) is 1. The number of aliphatic hydroxyl groups is 1. The Bertz CT molecular complexity index is 699. The van der Waals surface area contributed by atoms with Gasteiger partial charge >= 0.3 is 0 Å². The van der Waals surface area contributed by atoms with Gasteiger partial charge in [0.15, 0.2) is 12.1 Å². The van der Waals surface area contributed by atoms with Gasteiger partial charge in [0, 0.05) is 24.9 Å². The minimum atomic E-state index is -0.865. The Hall–Kier alpha value is -1.89. The maximum atomic E-state index is 13.3. The number of aryl methyl sites for hydroxylation is 1. The van der Waals surface area contributed by atoms with Crippen LogP contribution in [0.1, 0.15) is 69.1 Å². The standard InChI is InChI=1S/C19H29N3O4/c1-12-16(21-11-26-12)17(24)22-14(10-20-13(2)23)9-18(3)15(22)7-5-6-8-19(18,4)25/h11,14-15,25H,5-10H2,1-4H3,(H,20,23)/t14-,15-,18-,19+/m1/s1. The number of carbonyl (C=O) groups is 2. The molecular weight excluding hydrogens is 334 g/mol. The smallest absolute Gasteiger partial charge is 0.276 e. The Balaban J connectivity index is 2.00. The van der Waals surface area contributed by atoms with Crippen LogP contribution in [0.2, 0.25) is 0 Å². The first-order valence-electron chi connectivity index (χ1n) is 9.37. The van der Waals surface area contributed by atoms with Gasteiger partial charge in [-0.05, 0) is 33.1 Å². The van der Waals surface area contributed by atoms with Crippen LogP contribution in [0.3, 0.4) is 0 Å². The van der Waals surface area contributed by atoms with Crippen molar-refractivity contribution in [3.8, 4) is 0 Å². The number of nitrogens with zero attached hydrogens (tertiary/aromatic N) is 2. The monoisotopic (exact) mass is 363 g/mol. The van der Waals surface area contributed by atoms with Crippen LogP contribution >= 0.6 is 0 Å². The molecule has 1 aromatic rings. The van der Waals surface area contributed by atoms with Crippen molar-refractivity contribution in [1.82, 2.24) is 15.2 Å². The third-order valence-corrected chi connectivity index (χ3v) is 6.51. The van der Waals surface area contributed by atoms with E-state index in [9.17, 15) is 14.7 Å². The molecule has 0 spiro atoms. The van der Waals surface area contributed by atoms with Crippen molar-refractivity contribution in [2.75, 3.05) is 6.54 Å². The van der Waals surface area contributed by atoms with Crippen LogP contribution in [-0.4, -0.2) is 51.0 Å². The second-order valence-electron chi connectivity index (χ2n) is 8.22.